The van der Waals surface area contributed by atoms with Gasteiger partial charge in [0.2, 0.25) is 11.5 Å². The minimum atomic E-state index is -0.683. The molecule has 132 valence electrons. The van der Waals surface area contributed by atoms with Crippen LogP contribution >= 0.6 is 0 Å². The van der Waals surface area contributed by atoms with Crippen LogP contribution < -0.4 is 21.1 Å². The molecule has 1 aromatic heterocycles. The Bertz CT molecular complexity index is 808. The second kappa shape index (κ2) is 7.03. The van der Waals surface area contributed by atoms with Gasteiger partial charge in [0.15, 0.2) is 0 Å². The van der Waals surface area contributed by atoms with Gasteiger partial charge in [0.1, 0.15) is 12.4 Å². The Kier molecular flexibility index (Phi) is 4.64. The number of nitrogens with two attached hydrogens (primary N) is 1. The minimum Gasteiger partial charge on any atom is -0.472 e. The fourth-order valence-corrected chi connectivity index (χ4v) is 2.46. The monoisotopic (exact) mass is 350 g/mol. The van der Waals surface area contributed by atoms with Crippen LogP contribution in [0, 0.1) is 5.82 Å². The molecule has 0 radical (unpaired) electrons. The van der Waals surface area contributed by atoms with Crippen LogP contribution in [-0.4, -0.2) is 40.5 Å². The summed E-state index contributed by atoms with van der Waals surface area (Å²) in [5, 5.41) is 24.9. The van der Waals surface area contributed by atoms with Crippen LogP contribution in [0.25, 0.3) is 0 Å². The lowest BCUT2D eigenvalue weighted by molar-refractivity contribution is 0.238. The number of fused-ring (bicyclic) bond motifs is 1. The van der Waals surface area contributed by atoms with Crippen molar-refractivity contribution in [3.05, 3.63) is 40.8 Å². The van der Waals surface area contributed by atoms with E-state index in [0.717, 1.165) is 11.1 Å². The zero-order valence-electron chi connectivity index (χ0n) is 12.9. The summed E-state index contributed by atoms with van der Waals surface area (Å²) in [5.74, 6) is -0.397. The van der Waals surface area contributed by atoms with Gasteiger partial charge in [-0.25, -0.2) is 13.8 Å². The molecule has 25 heavy (non-hydrogen) atoms. The molecule has 2 aromatic rings. The number of hydrogen-bond donors (Lipinski definition) is 4. The SMILES string of the molecule is NC(=O)NCCOc1nonc1/C(=N/O)NC1Cc2ccc(F)cc21. The third-order valence-electron chi connectivity index (χ3n) is 3.64. The number of amides is 2. The molecular weight excluding hydrogens is 335 g/mol. The fraction of sp³-hybridized carbons (Fsp3) is 0.286. The normalized spacial score (nSPS) is 15.9. The van der Waals surface area contributed by atoms with Gasteiger partial charge in [-0.15, -0.1) is 0 Å². The first-order valence-electron chi connectivity index (χ1n) is 7.34. The molecule has 5 N–H and O–H groups in total. The highest BCUT2D eigenvalue weighted by molar-refractivity contribution is 5.98. The Morgan fingerprint density at radius 1 is 1.52 bits per heavy atom. The van der Waals surface area contributed by atoms with E-state index in [1.807, 2.05) is 0 Å². The second-order valence-corrected chi connectivity index (χ2v) is 5.25. The molecular formula is C14H15FN6O4. The smallest absolute Gasteiger partial charge is 0.312 e. The summed E-state index contributed by atoms with van der Waals surface area (Å²) < 4.78 is 23.2. The van der Waals surface area contributed by atoms with Crippen LogP contribution in [0.2, 0.25) is 0 Å². The quantitative estimate of drug-likeness (QED) is 0.192. The molecule has 0 saturated carbocycles. The molecule has 1 heterocycles. The number of benzene rings is 1. The number of nitrogens with zero attached hydrogens (tertiary/aromatic N) is 3. The van der Waals surface area contributed by atoms with Crippen LogP contribution in [0.15, 0.2) is 28.0 Å². The first-order chi connectivity index (χ1) is 12.1. The van der Waals surface area contributed by atoms with Gasteiger partial charge < -0.3 is 26.3 Å². The van der Waals surface area contributed by atoms with Crippen molar-refractivity contribution in [1.82, 2.24) is 20.9 Å². The van der Waals surface area contributed by atoms with Gasteiger partial charge in [0.05, 0.1) is 12.6 Å². The molecule has 1 aliphatic carbocycles. The van der Waals surface area contributed by atoms with E-state index in [1.165, 1.54) is 12.1 Å². The van der Waals surface area contributed by atoms with E-state index in [0.29, 0.717) is 6.42 Å². The molecule has 0 spiro atoms. The number of rotatable bonds is 6. The maximum atomic E-state index is 13.3. The Morgan fingerprint density at radius 3 is 3.12 bits per heavy atom. The number of nitrogens with one attached hydrogen (secondary N) is 2. The topological polar surface area (TPSA) is 148 Å². The van der Waals surface area contributed by atoms with Crippen LogP contribution in [-0.2, 0) is 6.42 Å². The Labute approximate surface area is 140 Å². The van der Waals surface area contributed by atoms with E-state index < -0.39 is 6.03 Å². The van der Waals surface area contributed by atoms with E-state index in [1.54, 1.807) is 6.07 Å². The van der Waals surface area contributed by atoms with Crippen molar-refractivity contribution in [3.63, 3.8) is 0 Å². The zero-order chi connectivity index (χ0) is 17.8. The third kappa shape index (κ3) is 3.59. The highest BCUT2D eigenvalue weighted by Crippen LogP contribution is 2.33. The first kappa shape index (κ1) is 16.5. The van der Waals surface area contributed by atoms with E-state index in [-0.39, 0.29) is 42.4 Å². The van der Waals surface area contributed by atoms with Crippen molar-refractivity contribution in [2.75, 3.05) is 13.2 Å². The highest BCUT2D eigenvalue weighted by atomic mass is 19.1. The molecule has 0 saturated heterocycles. The maximum Gasteiger partial charge on any atom is 0.312 e. The molecule has 11 heteroatoms. The van der Waals surface area contributed by atoms with Crippen LogP contribution in [0.5, 0.6) is 5.88 Å². The first-order valence-corrected chi connectivity index (χ1v) is 7.34. The molecule has 1 atom stereocenters. The van der Waals surface area contributed by atoms with Gasteiger partial charge in [-0.05, 0) is 40.0 Å². The second-order valence-electron chi connectivity index (χ2n) is 5.25. The average molecular weight is 350 g/mol. The van der Waals surface area contributed by atoms with Crippen molar-refractivity contribution in [2.24, 2.45) is 10.9 Å². The van der Waals surface area contributed by atoms with Gasteiger partial charge >= 0.3 is 6.03 Å². The van der Waals surface area contributed by atoms with Crippen molar-refractivity contribution in [3.8, 4) is 5.88 Å². The molecule has 2 amide bonds. The van der Waals surface area contributed by atoms with Crippen LogP contribution in [0.3, 0.4) is 0 Å². The number of carbonyl (C=O) groups is 1. The van der Waals surface area contributed by atoms with Gasteiger partial charge in [0, 0.05) is 0 Å². The molecule has 0 fully saturated rings. The number of halogens is 1. The number of oxime groups is 1. The molecule has 0 bridgehead atoms. The van der Waals surface area contributed by atoms with Crippen molar-refractivity contribution in [2.45, 2.75) is 12.5 Å². The van der Waals surface area contributed by atoms with Gasteiger partial charge in [-0.1, -0.05) is 11.2 Å². The van der Waals surface area contributed by atoms with E-state index in [9.17, 15) is 14.4 Å². The van der Waals surface area contributed by atoms with Gasteiger partial charge in [-0.3, -0.25) is 0 Å². The summed E-state index contributed by atoms with van der Waals surface area (Å²) in [6, 6.07) is 3.59. The maximum absolute atomic E-state index is 13.3. The Balaban J connectivity index is 1.65. The standard InChI is InChI=1S/C14H15FN6O4/c15-8-2-1-7-5-10(9(7)6-8)18-12(19-23)11-13(21-25-20-11)24-4-3-17-14(16)22/h1-2,6,10,23H,3-5H2,(H,18,19)(H3,16,17,22). The molecule has 0 aliphatic heterocycles. The largest absolute Gasteiger partial charge is 0.472 e. The lowest BCUT2D eigenvalue weighted by Crippen LogP contribution is -2.37. The molecule has 1 unspecified atom stereocenters. The fourth-order valence-electron chi connectivity index (χ4n) is 2.46. The molecule has 3 rings (SSSR count). The molecule has 10 nitrogen and oxygen atoms in total. The third-order valence-corrected chi connectivity index (χ3v) is 3.64. The number of ether oxygens (including phenoxy) is 1. The summed E-state index contributed by atoms with van der Waals surface area (Å²) in [4.78, 5) is 10.6. The molecule has 1 aliphatic rings. The van der Waals surface area contributed by atoms with Gasteiger partial charge in [0.25, 0.3) is 5.88 Å². The Hall–Kier alpha value is -3.37. The van der Waals surface area contributed by atoms with Gasteiger partial charge in [-0.2, -0.15) is 0 Å². The van der Waals surface area contributed by atoms with Crippen LogP contribution in [0.4, 0.5) is 9.18 Å². The average Bonchev–Trinajstić information content (AvgIpc) is 3.03. The number of aromatic nitrogens is 2. The molecule has 1 aromatic carbocycles. The van der Waals surface area contributed by atoms with E-state index >= 15 is 0 Å². The van der Waals surface area contributed by atoms with Crippen molar-refractivity contribution < 1.29 is 23.8 Å². The summed E-state index contributed by atoms with van der Waals surface area (Å²) in [5.41, 5.74) is 6.76. The zero-order valence-corrected chi connectivity index (χ0v) is 12.9. The number of urea groups is 1. The Morgan fingerprint density at radius 2 is 2.36 bits per heavy atom. The highest BCUT2D eigenvalue weighted by Gasteiger charge is 2.30. The van der Waals surface area contributed by atoms with Crippen LogP contribution in [0.1, 0.15) is 22.9 Å². The van der Waals surface area contributed by atoms with E-state index in [2.05, 4.69) is 30.7 Å². The number of amidine groups is 1. The summed E-state index contributed by atoms with van der Waals surface area (Å²) in [7, 11) is 0. The summed E-state index contributed by atoms with van der Waals surface area (Å²) in [6.45, 7) is 0.205. The summed E-state index contributed by atoms with van der Waals surface area (Å²) >= 11 is 0. The van der Waals surface area contributed by atoms with E-state index in [4.69, 9.17) is 10.5 Å². The number of hydrogen-bond acceptors (Lipinski definition) is 7. The number of primary amides is 1. The summed E-state index contributed by atoms with van der Waals surface area (Å²) in [6.07, 6.45) is 0.638. The number of carbonyl (C=O) groups excluding carboxylic acids is 1. The predicted octanol–water partition coefficient (Wildman–Crippen LogP) is 0.279. The lowest BCUT2D eigenvalue weighted by Gasteiger charge is -2.31. The minimum absolute atomic E-state index is 0.0228. The van der Waals surface area contributed by atoms with Crippen molar-refractivity contribution in [1.29, 1.82) is 0 Å². The lowest BCUT2D eigenvalue weighted by atomic mass is 9.83. The van der Waals surface area contributed by atoms with Crippen molar-refractivity contribution >= 4 is 11.9 Å². The predicted molar refractivity (Wildman–Crippen MR) is 81.7 cm³/mol.